The van der Waals surface area contributed by atoms with E-state index >= 15 is 0 Å². The lowest BCUT2D eigenvalue weighted by atomic mass is 9.94. The molecule has 1 nitrogen and oxygen atoms in total. The second-order valence-corrected chi connectivity index (χ2v) is 4.11. The molecule has 0 aliphatic carbocycles. The predicted molar refractivity (Wildman–Crippen MR) is 64.1 cm³/mol. The van der Waals surface area contributed by atoms with E-state index in [1.165, 1.54) is 11.1 Å². The van der Waals surface area contributed by atoms with E-state index in [9.17, 15) is 4.79 Å². The van der Waals surface area contributed by atoms with Gasteiger partial charge in [-0.15, -0.1) is 0 Å². The van der Waals surface area contributed by atoms with Crippen LogP contribution in [0, 0.1) is 0 Å². The topological polar surface area (TPSA) is 17.1 Å². The molecule has 0 aliphatic heterocycles. The van der Waals surface area contributed by atoms with Crippen LogP contribution in [0.15, 0.2) is 35.9 Å². The summed E-state index contributed by atoms with van der Waals surface area (Å²) in [5.74, 6) is -0.00763. The molecule has 0 spiro atoms. The van der Waals surface area contributed by atoms with Gasteiger partial charge in [0.1, 0.15) is 6.29 Å². The Labute approximate surface area is 91.8 Å². The molecule has 0 aliphatic rings. The summed E-state index contributed by atoms with van der Waals surface area (Å²) in [6.45, 7) is 6.12. The van der Waals surface area contributed by atoms with Gasteiger partial charge in [-0.05, 0) is 31.4 Å². The molecule has 1 atom stereocenters. The van der Waals surface area contributed by atoms with Crippen LogP contribution >= 0.6 is 0 Å². The van der Waals surface area contributed by atoms with Crippen LogP contribution in [0.1, 0.15) is 37.8 Å². The molecule has 1 unspecified atom stereocenters. The first-order valence-corrected chi connectivity index (χ1v) is 5.31. The summed E-state index contributed by atoms with van der Waals surface area (Å²) in [6.07, 6.45) is 4.11. The summed E-state index contributed by atoms with van der Waals surface area (Å²) in [5, 5.41) is 0. The average Bonchev–Trinajstić information content (AvgIpc) is 2.25. The van der Waals surface area contributed by atoms with Crippen molar-refractivity contribution in [1.82, 2.24) is 0 Å². The Hall–Kier alpha value is -1.37. The number of rotatable bonds is 4. The minimum atomic E-state index is -0.00763. The van der Waals surface area contributed by atoms with Gasteiger partial charge in [-0.2, -0.15) is 0 Å². The summed E-state index contributed by atoms with van der Waals surface area (Å²) in [4.78, 5) is 10.8. The minimum absolute atomic E-state index is 0.00763. The molecule has 1 aromatic rings. The molecule has 0 radical (unpaired) electrons. The van der Waals surface area contributed by atoms with Crippen LogP contribution in [0.3, 0.4) is 0 Å². The van der Waals surface area contributed by atoms with Crippen LogP contribution in [-0.2, 0) is 11.2 Å². The summed E-state index contributed by atoms with van der Waals surface area (Å²) < 4.78 is 0. The molecule has 0 amide bonds. The lowest BCUT2D eigenvalue weighted by Gasteiger charge is -2.10. The van der Waals surface area contributed by atoms with Crippen molar-refractivity contribution in [3.05, 3.63) is 47.0 Å². The molecular weight excluding hydrogens is 184 g/mol. The van der Waals surface area contributed by atoms with Crippen LogP contribution in [0.2, 0.25) is 0 Å². The third kappa shape index (κ3) is 3.35. The number of hydrogen-bond acceptors (Lipinski definition) is 1. The van der Waals surface area contributed by atoms with E-state index in [0.29, 0.717) is 0 Å². The van der Waals surface area contributed by atoms with Gasteiger partial charge in [0.15, 0.2) is 0 Å². The summed E-state index contributed by atoms with van der Waals surface area (Å²) >= 11 is 0. The first-order valence-electron chi connectivity index (χ1n) is 5.31. The zero-order valence-corrected chi connectivity index (χ0v) is 9.66. The quantitative estimate of drug-likeness (QED) is 0.539. The van der Waals surface area contributed by atoms with Gasteiger partial charge in [0, 0.05) is 5.92 Å². The number of aldehydes is 1. The first kappa shape index (κ1) is 11.7. The third-order valence-electron chi connectivity index (χ3n) is 2.48. The van der Waals surface area contributed by atoms with Gasteiger partial charge in [-0.3, -0.25) is 0 Å². The fourth-order valence-electron chi connectivity index (χ4n) is 1.55. The van der Waals surface area contributed by atoms with E-state index in [0.717, 1.165) is 18.3 Å². The molecule has 80 valence electrons. The molecule has 15 heavy (non-hydrogen) atoms. The van der Waals surface area contributed by atoms with Crippen LogP contribution in [-0.4, -0.2) is 6.29 Å². The Morgan fingerprint density at radius 1 is 1.33 bits per heavy atom. The Morgan fingerprint density at radius 3 is 2.60 bits per heavy atom. The van der Waals surface area contributed by atoms with Crippen molar-refractivity contribution in [2.24, 2.45) is 0 Å². The van der Waals surface area contributed by atoms with Crippen molar-refractivity contribution in [3.63, 3.8) is 0 Å². The highest BCUT2D eigenvalue weighted by molar-refractivity contribution is 5.62. The normalized spacial score (nSPS) is 11.9. The van der Waals surface area contributed by atoms with E-state index in [1.807, 2.05) is 25.1 Å². The Bertz CT molecular complexity index is 359. The summed E-state index contributed by atoms with van der Waals surface area (Å²) in [7, 11) is 0. The third-order valence-corrected chi connectivity index (χ3v) is 2.48. The predicted octanol–water partition coefficient (Wildman–Crippen LogP) is 3.50. The van der Waals surface area contributed by atoms with Crippen molar-refractivity contribution in [1.29, 1.82) is 0 Å². The minimum Gasteiger partial charge on any atom is -0.303 e. The molecule has 0 N–H and O–H groups in total. The smallest absolute Gasteiger partial charge is 0.127 e. The highest BCUT2D eigenvalue weighted by Crippen LogP contribution is 2.19. The zero-order valence-electron chi connectivity index (χ0n) is 9.66. The van der Waals surface area contributed by atoms with Crippen molar-refractivity contribution < 1.29 is 4.79 Å². The van der Waals surface area contributed by atoms with Crippen LogP contribution < -0.4 is 0 Å². The molecule has 0 aromatic heterocycles. The molecule has 1 heteroatoms. The fraction of sp³-hybridized carbons (Fsp3) is 0.357. The van der Waals surface area contributed by atoms with E-state index in [-0.39, 0.29) is 5.92 Å². The summed E-state index contributed by atoms with van der Waals surface area (Å²) in [5.41, 5.74) is 3.70. The standard InChI is InChI=1S/C14H18O/c1-11(2)8-9-13-6-4-5-7-14(13)12(3)10-15/h4-8,10,12H,9H2,1-3H3. The maximum absolute atomic E-state index is 10.8. The van der Waals surface area contributed by atoms with E-state index in [2.05, 4.69) is 26.0 Å². The lowest BCUT2D eigenvalue weighted by molar-refractivity contribution is -0.108. The Kier molecular flexibility index (Phi) is 4.29. The number of benzene rings is 1. The largest absolute Gasteiger partial charge is 0.303 e. The lowest BCUT2D eigenvalue weighted by Crippen LogP contribution is -1.99. The monoisotopic (exact) mass is 202 g/mol. The Balaban J connectivity index is 2.96. The van der Waals surface area contributed by atoms with Crippen molar-refractivity contribution in [2.75, 3.05) is 0 Å². The molecular formula is C14H18O. The second-order valence-electron chi connectivity index (χ2n) is 4.11. The van der Waals surface area contributed by atoms with Gasteiger partial charge in [0.2, 0.25) is 0 Å². The molecule has 0 bridgehead atoms. The zero-order chi connectivity index (χ0) is 11.3. The first-order chi connectivity index (χ1) is 7.15. The molecule has 1 rings (SSSR count). The van der Waals surface area contributed by atoms with Crippen LogP contribution in [0.25, 0.3) is 0 Å². The Morgan fingerprint density at radius 2 is 2.00 bits per heavy atom. The molecule has 1 aromatic carbocycles. The van der Waals surface area contributed by atoms with Crippen molar-refractivity contribution >= 4 is 6.29 Å². The number of hydrogen-bond donors (Lipinski definition) is 0. The molecule has 0 fully saturated rings. The van der Waals surface area contributed by atoms with Crippen molar-refractivity contribution in [3.8, 4) is 0 Å². The maximum Gasteiger partial charge on any atom is 0.127 e. The highest BCUT2D eigenvalue weighted by Gasteiger charge is 2.07. The molecule has 0 heterocycles. The number of allylic oxidation sites excluding steroid dienone is 2. The van der Waals surface area contributed by atoms with Gasteiger partial charge in [0.05, 0.1) is 0 Å². The van der Waals surface area contributed by atoms with Gasteiger partial charge in [0.25, 0.3) is 0 Å². The average molecular weight is 202 g/mol. The van der Waals surface area contributed by atoms with E-state index in [1.54, 1.807) is 0 Å². The van der Waals surface area contributed by atoms with Gasteiger partial charge in [-0.1, -0.05) is 42.8 Å². The number of carbonyl (C=O) groups is 1. The highest BCUT2D eigenvalue weighted by atomic mass is 16.1. The second kappa shape index (κ2) is 5.50. The van der Waals surface area contributed by atoms with E-state index < -0.39 is 0 Å². The maximum atomic E-state index is 10.8. The number of carbonyl (C=O) groups excluding carboxylic acids is 1. The van der Waals surface area contributed by atoms with Crippen LogP contribution in [0.5, 0.6) is 0 Å². The summed E-state index contributed by atoms with van der Waals surface area (Å²) in [6, 6.07) is 8.14. The van der Waals surface area contributed by atoms with Crippen LogP contribution in [0.4, 0.5) is 0 Å². The fourth-order valence-corrected chi connectivity index (χ4v) is 1.55. The SMILES string of the molecule is CC(C)=CCc1ccccc1C(C)C=O. The van der Waals surface area contributed by atoms with Crippen molar-refractivity contribution in [2.45, 2.75) is 33.1 Å². The molecule has 0 saturated heterocycles. The molecule has 0 saturated carbocycles. The van der Waals surface area contributed by atoms with Gasteiger partial charge in [-0.25, -0.2) is 0 Å². The van der Waals surface area contributed by atoms with Gasteiger partial charge < -0.3 is 4.79 Å². The van der Waals surface area contributed by atoms with Gasteiger partial charge >= 0.3 is 0 Å². The van der Waals surface area contributed by atoms with E-state index in [4.69, 9.17) is 0 Å².